The van der Waals surface area contributed by atoms with E-state index >= 15 is 0 Å². The fourth-order valence-corrected chi connectivity index (χ4v) is 4.19. The number of hydrogen-bond donors (Lipinski definition) is 1. The lowest BCUT2D eigenvalue weighted by Gasteiger charge is -2.29. The van der Waals surface area contributed by atoms with Crippen molar-refractivity contribution in [1.82, 2.24) is 4.90 Å². The molecule has 0 fully saturated rings. The topological polar surface area (TPSA) is 77.1 Å². The number of amides is 2. The zero-order chi connectivity index (χ0) is 25.1. The first kappa shape index (κ1) is 24.0. The Morgan fingerprint density at radius 1 is 0.971 bits per heavy atom. The molecule has 1 atom stereocenters. The minimum atomic E-state index is -1.07. The van der Waals surface area contributed by atoms with Gasteiger partial charge in [0.05, 0.1) is 33.8 Å². The molecule has 182 valence electrons. The minimum absolute atomic E-state index is 0.105. The molecule has 35 heavy (non-hydrogen) atoms. The molecule has 1 unspecified atom stereocenters. The Labute approximate surface area is 201 Å². The van der Waals surface area contributed by atoms with Gasteiger partial charge in [-0.05, 0) is 41.5 Å². The number of carbonyl (C=O) groups is 2. The number of fused-ring (bicyclic) bond motifs is 1. The number of halogens is 2. The lowest BCUT2D eigenvalue weighted by atomic mass is 10.00. The Morgan fingerprint density at radius 2 is 1.66 bits per heavy atom. The minimum Gasteiger partial charge on any atom is -0.493 e. The SMILES string of the molecule is COc1cc(C(CC(=O)Nc2ccc(F)c(F)c2)N2Cc3ccccc3C2=O)cc(OC)c1OC. The van der Waals surface area contributed by atoms with Crippen LogP contribution >= 0.6 is 0 Å². The third-order valence-electron chi connectivity index (χ3n) is 5.88. The molecular formula is C26H24F2N2O5. The molecule has 1 aliphatic heterocycles. The van der Waals surface area contributed by atoms with E-state index in [1.54, 1.807) is 29.2 Å². The Morgan fingerprint density at radius 3 is 2.26 bits per heavy atom. The molecule has 4 rings (SSSR count). The number of nitrogens with one attached hydrogen (secondary N) is 1. The third-order valence-corrected chi connectivity index (χ3v) is 5.88. The summed E-state index contributed by atoms with van der Waals surface area (Å²) in [4.78, 5) is 27.9. The van der Waals surface area contributed by atoms with Crippen molar-refractivity contribution in [1.29, 1.82) is 0 Å². The summed E-state index contributed by atoms with van der Waals surface area (Å²) in [5, 5.41) is 2.58. The highest BCUT2D eigenvalue weighted by atomic mass is 19.2. The molecule has 9 heteroatoms. The molecule has 0 spiro atoms. The van der Waals surface area contributed by atoms with E-state index in [1.165, 1.54) is 27.4 Å². The van der Waals surface area contributed by atoms with Gasteiger partial charge in [-0.3, -0.25) is 9.59 Å². The average molecular weight is 482 g/mol. The van der Waals surface area contributed by atoms with Crippen molar-refractivity contribution in [3.8, 4) is 17.2 Å². The van der Waals surface area contributed by atoms with Crippen LogP contribution in [0.25, 0.3) is 0 Å². The second-order valence-corrected chi connectivity index (χ2v) is 7.95. The van der Waals surface area contributed by atoms with Crippen molar-refractivity contribution in [3.63, 3.8) is 0 Å². The molecule has 1 heterocycles. The molecule has 1 aliphatic rings. The summed E-state index contributed by atoms with van der Waals surface area (Å²) in [6, 6.07) is 13.0. The highest BCUT2D eigenvalue weighted by Gasteiger charge is 2.35. The van der Waals surface area contributed by atoms with Crippen molar-refractivity contribution in [2.45, 2.75) is 19.0 Å². The molecule has 1 N–H and O–H groups in total. The maximum absolute atomic E-state index is 13.6. The van der Waals surface area contributed by atoms with Crippen LogP contribution in [-0.2, 0) is 11.3 Å². The van der Waals surface area contributed by atoms with Gasteiger partial charge in [0.2, 0.25) is 11.7 Å². The highest BCUT2D eigenvalue weighted by molar-refractivity contribution is 5.99. The summed E-state index contributed by atoms with van der Waals surface area (Å²) >= 11 is 0. The zero-order valence-corrected chi connectivity index (χ0v) is 19.4. The van der Waals surface area contributed by atoms with Gasteiger partial charge >= 0.3 is 0 Å². The first-order valence-corrected chi connectivity index (χ1v) is 10.8. The van der Waals surface area contributed by atoms with Crippen LogP contribution in [0.2, 0.25) is 0 Å². The number of ether oxygens (including phenoxy) is 3. The van der Waals surface area contributed by atoms with Crippen LogP contribution < -0.4 is 19.5 Å². The maximum Gasteiger partial charge on any atom is 0.255 e. The monoisotopic (exact) mass is 482 g/mol. The molecule has 0 aliphatic carbocycles. The molecule has 3 aromatic rings. The van der Waals surface area contributed by atoms with Gasteiger partial charge in [-0.2, -0.15) is 0 Å². The van der Waals surface area contributed by atoms with Gasteiger partial charge in [-0.1, -0.05) is 18.2 Å². The summed E-state index contributed by atoms with van der Waals surface area (Å²) in [6.07, 6.45) is -0.155. The van der Waals surface area contributed by atoms with E-state index in [1.807, 2.05) is 12.1 Å². The summed E-state index contributed by atoms with van der Waals surface area (Å²) < 4.78 is 43.2. The molecule has 0 radical (unpaired) electrons. The predicted octanol–water partition coefficient (Wildman–Crippen LogP) is 4.72. The van der Waals surface area contributed by atoms with Crippen molar-refractivity contribution in [3.05, 3.63) is 82.9 Å². The van der Waals surface area contributed by atoms with E-state index in [0.717, 1.165) is 17.7 Å². The van der Waals surface area contributed by atoms with Gasteiger partial charge in [0.25, 0.3) is 5.91 Å². The van der Waals surface area contributed by atoms with Gasteiger partial charge in [-0.25, -0.2) is 8.78 Å². The predicted molar refractivity (Wildman–Crippen MR) is 125 cm³/mol. The standard InChI is InChI=1S/C26H24F2N2O5/c1-33-22-10-16(11-23(34-2)25(22)35-3)21(30-14-15-6-4-5-7-18(15)26(30)32)13-24(31)29-17-8-9-19(27)20(28)12-17/h4-12,21H,13-14H2,1-3H3,(H,29,31). The normalized spacial score (nSPS) is 13.3. The first-order chi connectivity index (χ1) is 16.9. The second-order valence-electron chi connectivity index (χ2n) is 7.95. The molecule has 0 saturated carbocycles. The number of hydrogen-bond acceptors (Lipinski definition) is 5. The molecule has 7 nitrogen and oxygen atoms in total. The summed E-state index contributed by atoms with van der Waals surface area (Å²) in [5.74, 6) is -1.68. The van der Waals surface area contributed by atoms with Gasteiger partial charge in [-0.15, -0.1) is 0 Å². The largest absolute Gasteiger partial charge is 0.493 e. The van der Waals surface area contributed by atoms with Crippen molar-refractivity contribution in [2.75, 3.05) is 26.6 Å². The van der Waals surface area contributed by atoms with E-state index < -0.39 is 23.6 Å². The fraction of sp³-hybridized carbons (Fsp3) is 0.231. The van der Waals surface area contributed by atoms with Crippen LogP contribution in [0.3, 0.4) is 0 Å². The van der Waals surface area contributed by atoms with E-state index in [2.05, 4.69) is 5.32 Å². The van der Waals surface area contributed by atoms with Gasteiger partial charge < -0.3 is 24.4 Å². The summed E-state index contributed by atoms with van der Waals surface area (Å²) in [7, 11) is 4.43. The van der Waals surface area contributed by atoms with E-state index in [-0.39, 0.29) is 18.0 Å². The Kier molecular flexibility index (Phi) is 6.86. The number of anilines is 1. The second kappa shape index (κ2) is 10.0. The Bertz CT molecular complexity index is 1260. The smallest absolute Gasteiger partial charge is 0.255 e. The quantitative estimate of drug-likeness (QED) is 0.503. The van der Waals surface area contributed by atoms with Crippen LogP contribution in [0.15, 0.2) is 54.6 Å². The Hall–Kier alpha value is -4.14. The van der Waals surface area contributed by atoms with Crippen molar-refractivity contribution < 1.29 is 32.6 Å². The van der Waals surface area contributed by atoms with Crippen molar-refractivity contribution in [2.24, 2.45) is 0 Å². The lowest BCUT2D eigenvalue weighted by molar-refractivity contribution is -0.117. The lowest BCUT2D eigenvalue weighted by Crippen LogP contribution is -2.32. The number of nitrogens with zero attached hydrogens (tertiary/aromatic N) is 1. The number of methoxy groups -OCH3 is 3. The van der Waals surface area contributed by atoms with E-state index in [4.69, 9.17) is 14.2 Å². The average Bonchev–Trinajstić information content (AvgIpc) is 3.20. The van der Waals surface area contributed by atoms with E-state index in [0.29, 0.717) is 34.9 Å². The Balaban J connectivity index is 1.71. The highest BCUT2D eigenvalue weighted by Crippen LogP contribution is 2.43. The van der Waals surface area contributed by atoms with Gasteiger partial charge in [0, 0.05) is 23.9 Å². The van der Waals surface area contributed by atoms with Gasteiger partial charge in [0.1, 0.15) is 0 Å². The summed E-state index contributed by atoms with van der Waals surface area (Å²) in [5.41, 5.74) is 2.09. The third kappa shape index (κ3) is 4.75. The molecule has 2 amide bonds. The number of benzene rings is 3. The summed E-state index contributed by atoms with van der Waals surface area (Å²) in [6.45, 7) is 0.300. The van der Waals surface area contributed by atoms with E-state index in [9.17, 15) is 18.4 Å². The van der Waals surface area contributed by atoms with Crippen LogP contribution in [0, 0.1) is 11.6 Å². The first-order valence-electron chi connectivity index (χ1n) is 10.8. The molecule has 3 aromatic carbocycles. The van der Waals surface area contributed by atoms with Crippen LogP contribution in [0.5, 0.6) is 17.2 Å². The zero-order valence-electron chi connectivity index (χ0n) is 19.4. The fourth-order valence-electron chi connectivity index (χ4n) is 4.19. The van der Waals surface area contributed by atoms with Gasteiger partial charge in [0.15, 0.2) is 23.1 Å². The molecular weight excluding hydrogens is 458 g/mol. The van der Waals surface area contributed by atoms with Crippen LogP contribution in [0.1, 0.15) is 33.9 Å². The molecule has 0 aromatic heterocycles. The maximum atomic E-state index is 13.6. The molecule has 0 saturated heterocycles. The molecule has 0 bridgehead atoms. The van der Waals surface area contributed by atoms with Crippen LogP contribution in [-0.4, -0.2) is 38.0 Å². The van der Waals surface area contributed by atoms with Crippen LogP contribution in [0.4, 0.5) is 14.5 Å². The number of rotatable bonds is 8. The number of carbonyl (C=O) groups excluding carboxylic acids is 2. The van der Waals surface area contributed by atoms with Crippen molar-refractivity contribution >= 4 is 17.5 Å².